The summed E-state index contributed by atoms with van der Waals surface area (Å²) < 4.78 is 33.3. The van der Waals surface area contributed by atoms with E-state index in [9.17, 15) is 23.6 Å². The van der Waals surface area contributed by atoms with E-state index in [1.807, 2.05) is 6.07 Å². The number of ether oxygens (including phenoxy) is 1. The van der Waals surface area contributed by atoms with Crippen molar-refractivity contribution in [3.8, 4) is 11.8 Å². The summed E-state index contributed by atoms with van der Waals surface area (Å²) in [5, 5.41) is 9.44. The molecule has 3 heterocycles. The Bertz CT molecular complexity index is 1490. The molecule has 3 aromatic rings. The number of hydrogen-bond donors (Lipinski definition) is 0. The first-order valence-electron chi connectivity index (χ1n) is 10.8. The van der Waals surface area contributed by atoms with Crippen molar-refractivity contribution in [3.05, 3.63) is 71.0 Å². The van der Waals surface area contributed by atoms with Gasteiger partial charge < -0.3 is 9.64 Å². The van der Waals surface area contributed by atoms with Crippen molar-refractivity contribution in [2.75, 3.05) is 18.6 Å². The number of anilines is 1. The molecule has 11 heteroatoms. The van der Waals surface area contributed by atoms with Gasteiger partial charge in [0.15, 0.2) is 11.6 Å². The summed E-state index contributed by atoms with van der Waals surface area (Å²) in [4.78, 5) is 34.5. The zero-order chi connectivity index (χ0) is 25.6. The molecule has 1 fully saturated rings. The molecule has 182 valence electrons. The van der Waals surface area contributed by atoms with Gasteiger partial charge in [0.05, 0.1) is 42.5 Å². The number of pyridine rings is 1. The first-order chi connectivity index (χ1) is 17.3. The van der Waals surface area contributed by atoms with Gasteiger partial charge in [-0.2, -0.15) is 5.26 Å². The van der Waals surface area contributed by atoms with Gasteiger partial charge in [0.2, 0.25) is 0 Å². The van der Waals surface area contributed by atoms with Gasteiger partial charge in [0.25, 0.3) is 5.91 Å². The van der Waals surface area contributed by atoms with E-state index in [-0.39, 0.29) is 29.4 Å². The number of urea groups is 1. The fourth-order valence-corrected chi connectivity index (χ4v) is 6.05. The Labute approximate surface area is 213 Å². The second-order valence-electron chi connectivity index (χ2n) is 8.11. The van der Waals surface area contributed by atoms with Crippen LogP contribution in [0, 0.1) is 23.0 Å². The molecule has 1 aromatic heterocycles. The zero-order valence-electron chi connectivity index (χ0n) is 18.7. The number of rotatable bonds is 5. The Morgan fingerprint density at radius 2 is 2.03 bits per heavy atom. The summed E-state index contributed by atoms with van der Waals surface area (Å²) >= 11 is 7.49. The highest BCUT2D eigenvalue weighted by atomic mass is 35.5. The lowest BCUT2D eigenvalue weighted by Gasteiger charge is -2.41. The molecule has 7 nitrogen and oxygen atoms in total. The first-order valence-corrected chi connectivity index (χ1v) is 12.1. The van der Waals surface area contributed by atoms with Gasteiger partial charge in [-0.25, -0.2) is 18.5 Å². The number of hydrogen-bond acceptors (Lipinski definition) is 6. The van der Waals surface area contributed by atoms with Crippen LogP contribution in [0.3, 0.4) is 0 Å². The minimum Gasteiger partial charge on any atom is -0.494 e. The first kappa shape index (κ1) is 24.0. The molecule has 0 saturated carbocycles. The minimum absolute atomic E-state index is 0.0139. The minimum atomic E-state index is -0.771. The van der Waals surface area contributed by atoms with Crippen molar-refractivity contribution in [2.45, 2.75) is 17.7 Å². The SMILES string of the molecule is COc1cc(C2=CC3C(S2)C(=O)N(c2cncc4ccc(F)cc24)C(=O)N3CCC#N)c(Cl)cc1F. The number of methoxy groups -OCH3 is 1. The smallest absolute Gasteiger partial charge is 0.332 e. The molecule has 0 bridgehead atoms. The third-order valence-corrected chi connectivity index (χ3v) is 7.72. The average Bonchev–Trinajstić information content (AvgIpc) is 3.29. The van der Waals surface area contributed by atoms with E-state index in [1.165, 1.54) is 60.4 Å². The molecular formula is C25H17ClF2N4O3S. The number of carbonyl (C=O) groups excluding carboxylic acids is 2. The van der Waals surface area contributed by atoms with Crippen LogP contribution in [0.2, 0.25) is 5.02 Å². The maximum absolute atomic E-state index is 14.1. The third kappa shape index (κ3) is 3.94. The summed E-state index contributed by atoms with van der Waals surface area (Å²) in [6.45, 7) is 0.0671. The zero-order valence-corrected chi connectivity index (χ0v) is 20.3. The van der Waals surface area contributed by atoms with Crippen LogP contribution >= 0.6 is 23.4 Å². The van der Waals surface area contributed by atoms with E-state index in [1.54, 1.807) is 6.08 Å². The Morgan fingerprint density at radius 3 is 2.78 bits per heavy atom. The normalized spacial score (nSPS) is 19.4. The van der Waals surface area contributed by atoms with Gasteiger partial charge in [0, 0.05) is 34.0 Å². The lowest BCUT2D eigenvalue weighted by Crippen LogP contribution is -2.62. The summed E-state index contributed by atoms with van der Waals surface area (Å²) in [5.74, 6) is -1.68. The number of benzene rings is 2. The van der Waals surface area contributed by atoms with Crippen molar-refractivity contribution in [2.24, 2.45) is 0 Å². The predicted molar refractivity (Wildman–Crippen MR) is 133 cm³/mol. The highest BCUT2D eigenvalue weighted by Crippen LogP contribution is 2.48. The molecule has 0 radical (unpaired) electrons. The van der Waals surface area contributed by atoms with Crippen molar-refractivity contribution in [3.63, 3.8) is 0 Å². The van der Waals surface area contributed by atoms with E-state index >= 15 is 0 Å². The van der Waals surface area contributed by atoms with Gasteiger partial charge in [-0.3, -0.25) is 9.78 Å². The largest absolute Gasteiger partial charge is 0.494 e. The predicted octanol–water partition coefficient (Wildman–Crippen LogP) is 5.38. The van der Waals surface area contributed by atoms with Crippen LogP contribution in [0.5, 0.6) is 5.75 Å². The summed E-state index contributed by atoms with van der Waals surface area (Å²) in [6, 6.07) is 7.32. The molecular weight excluding hydrogens is 510 g/mol. The second kappa shape index (κ2) is 9.41. The van der Waals surface area contributed by atoms with Crippen LogP contribution in [-0.4, -0.2) is 46.8 Å². The van der Waals surface area contributed by atoms with Crippen LogP contribution in [0.15, 0.2) is 48.8 Å². The Hall–Kier alpha value is -3.68. The quantitative estimate of drug-likeness (QED) is 0.443. The van der Waals surface area contributed by atoms with Crippen LogP contribution in [0.1, 0.15) is 12.0 Å². The van der Waals surface area contributed by atoms with Crippen LogP contribution in [0.4, 0.5) is 19.3 Å². The Balaban J connectivity index is 1.60. The average molecular weight is 527 g/mol. The lowest BCUT2D eigenvalue weighted by atomic mass is 10.0. The van der Waals surface area contributed by atoms with E-state index in [2.05, 4.69) is 4.98 Å². The number of halogens is 3. The van der Waals surface area contributed by atoms with E-state index in [0.29, 0.717) is 21.2 Å². The highest BCUT2D eigenvalue weighted by molar-refractivity contribution is 8.09. The standard InChI is InChI=1S/C25H17ClF2N4O3S/c1-35-21-8-16(17(26)9-18(21)28)22-10-19-23(36-22)24(33)32(25(34)31(19)6-2-5-29)20-12-30-11-13-3-4-14(27)7-15(13)20/h3-4,7-12,19,23H,2,6H2,1H3. The van der Waals surface area contributed by atoms with Crippen molar-refractivity contribution < 1.29 is 23.1 Å². The fraction of sp³-hybridized carbons (Fsp3) is 0.200. The number of nitriles is 1. The molecule has 2 atom stereocenters. The van der Waals surface area contributed by atoms with E-state index < -0.39 is 34.9 Å². The van der Waals surface area contributed by atoms with E-state index in [0.717, 1.165) is 11.0 Å². The molecule has 36 heavy (non-hydrogen) atoms. The van der Waals surface area contributed by atoms with Gasteiger partial charge in [-0.1, -0.05) is 11.6 Å². The van der Waals surface area contributed by atoms with Gasteiger partial charge >= 0.3 is 6.03 Å². The maximum Gasteiger partial charge on any atom is 0.332 e. The number of amides is 3. The number of carbonyl (C=O) groups is 2. The number of imide groups is 1. The number of nitrogens with zero attached hydrogens (tertiary/aromatic N) is 4. The molecule has 0 spiro atoms. The summed E-state index contributed by atoms with van der Waals surface area (Å²) in [7, 11) is 1.33. The van der Waals surface area contributed by atoms with Gasteiger partial charge in [0.1, 0.15) is 11.1 Å². The van der Waals surface area contributed by atoms with E-state index in [4.69, 9.17) is 16.3 Å². The molecule has 0 N–H and O–H groups in total. The Morgan fingerprint density at radius 1 is 1.22 bits per heavy atom. The summed E-state index contributed by atoms with van der Waals surface area (Å²) in [6.07, 6.45) is 4.62. The molecule has 0 aliphatic carbocycles. The van der Waals surface area contributed by atoms with Crippen molar-refractivity contribution in [1.29, 1.82) is 5.26 Å². The number of aromatic nitrogens is 1. The van der Waals surface area contributed by atoms with Gasteiger partial charge in [-0.05, 0) is 36.4 Å². The van der Waals surface area contributed by atoms with Gasteiger partial charge in [-0.15, -0.1) is 11.8 Å². The molecule has 5 rings (SSSR count). The topological polar surface area (TPSA) is 86.5 Å². The highest BCUT2D eigenvalue weighted by Gasteiger charge is 2.50. The number of fused-ring (bicyclic) bond motifs is 2. The molecule has 3 amide bonds. The summed E-state index contributed by atoms with van der Waals surface area (Å²) in [5.41, 5.74) is 0.605. The Kier molecular flexibility index (Phi) is 6.28. The maximum atomic E-state index is 14.1. The molecule has 2 aliphatic rings. The van der Waals surface area contributed by atoms with Crippen molar-refractivity contribution >= 4 is 56.7 Å². The van der Waals surface area contributed by atoms with Crippen LogP contribution < -0.4 is 9.64 Å². The van der Waals surface area contributed by atoms with Crippen LogP contribution in [-0.2, 0) is 4.79 Å². The fourth-order valence-electron chi connectivity index (χ4n) is 4.38. The molecule has 2 aromatic carbocycles. The number of thioether (sulfide) groups is 1. The molecule has 1 saturated heterocycles. The van der Waals surface area contributed by atoms with Crippen LogP contribution in [0.25, 0.3) is 15.7 Å². The van der Waals surface area contributed by atoms with Crippen molar-refractivity contribution in [1.82, 2.24) is 9.88 Å². The molecule has 2 aliphatic heterocycles. The molecule has 2 unspecified atom stereocenters. The second-order valence-corrected chi connectivity index (χ2v) is 9.70. The third-order valence-electron chi connectivity index (χ3n) is 6.06. The monoisotopic (exact) mass is 526 g/mol. The lowest BCUT2D eigenvalue weighted by molar-refractivity contribution is -0.119.